The number of aromatic nitrogens is 2. The van der Waals surface area contributed by atoms with Crippen LogP contribution in [0, 0.1) is 0 Å². The highest BCUT2D eigenvalue weighted by atomic mass is 14.8. The van der Waals surface area contributed by atoms with E-state index in [9.17, 15) is 0 Å². The molecule has 2 aromatic heterocycles. The van der Waals surface area contributed by atoms with Crippen LogP contribution in [-0.4, -0.2) is 9.97 Å². The van der Waals surface area contributed by atoms with E-state index < -0.39 is 0 Å². The summed E-state index contributed by atoms with van der Waals surface area (Å²) < 4.78 is 0. The molecule has 0 bridgehead atoms. The zero-order chi connectivity index (χ0) is 7.97. The molecule has 1 aliphatic rings. The highest BCUT2D eigenvalue weighted by Crippen LogP contribution is 2.40. The van der Waals surface area contributed by atoms with E-state index in [2.05, 4.69) is 16.0 Å². The molecule has 2 heteroatoms. The number of nitrogens with zero attached hydrogens (tertiary/aromatic N) is 1. The van der Waals surface area contributed by atoms with Gasteiger partial charge in [-0.3, -0.25) is 4.98 Å². The monoisotopic (exact) mass is 158 g/mol. The van der Waals surface area contributed by atoms with Gasteiger partial charge in [0.1, 0.15) is 0 Å². The molecule has 0 aromatic carbocycles. The van der Waals surface area contributed by atoms with Crippen LogP contribution in [0.15, 0.2) is 24.5 Å². The quantitative estimate of drug-likeness (QED) is 0.678. The Labute approximate surface area is 70.6 Å². The molecule has 1 saturated carbocycles. The Hall–Kier alpha value is -1.31. The first-order valence-corrected chi connectivity index (χ1v) is 4.36. The van der Waals surface area contributed by atoms with Crippen LogP contribution in [-0.2, 0) is 0 Å². The smallest absolute Gasteiger partial charge is 0.0878 e. The molecule has 0 saturated heterocycles. The summed E-state index contributed by atoms with van der Waals surface area (Å²) >= 11 is 0. The predicted molar refractivity (Wildman–Crippen MR) is 48.1 cm³/mol. The van der Waals surface area contributed by atoms with Gasteiger partial charge in [-0.1, -0.05) is 0 Å². The molecule has 0 atom stereocenters. The first-order valence-electron chi connectivity index (χ1n) is 4.36. The molecule has 0 aliphatic heterocycles. The average molecular weight is 158 g/mol. The standard InChI is InChI=1S/C10H10N2/c1-2-7(1)8-5-10-9(12-6-8)3-4-11-10/h3-7,11H,1-2H2. The third kappa shape index (κ3) is 0.843. The van der Waals surface area contributed by atoms with Gasteiger partial charge in [-0.15, -0.1) is 0 Å². The molecule has 1 aliphatic carbocycles. The van der Waals surface area contributed by atoms with Gasteiger partial charge in [0.15, 0.2) is 0 Å². The zero-order valence-corrected chi connectivity index (χ0v) is 6.75. The normalized spacial score (nSPS) is 17.0. The summed E-state index contributed by atoms with van der Waals surface area (Å²) in [4.78, 5) is 7.55. The van der Waals surface area contributed by atoms with E-state index >= 15 is 0 Å². The van der Waals surface area contributed by atoms with Gasteiger partial charge in [0.25, 0.3) is 0 Å². The van der Waals surface area contributed by atoms with Crippen molar-refractivity contribution in [3.8, 4) is 0 Å². The van der Waals surface area contributed by atoms with Crippen LogP contribution in [0.5, 0.6) is 0 Å². The van der Waals surface area contributed by atoms with E-state index in [1.54, 1.807) is 0 Å². The zero-order valence-electron chi connectivity index (χ0n) is 6.75. The molecule has 0 spiro atoms. The Morgan fingerprint density at radius 2 is 2.33 bits per heavy atom. The van der Waals surface area contributed by atoms with Crippen LogP contribution in [0.25, 0.3) is 11.0 Å². The van der Waals surface area contributed by atoms with E-state index in [-0.39, 0.29) is 0 Å². The molecule has 0 unspecified atom stereocenters. The molecular weight excluding hydrogens is 148 g/mol. The highest BCUT2D eigenvalue weighted by molar-refractivity contribution is 5.75. The van der Waals surface area contributed by atoms with Gasteiger partial charge in [0.2, 0.25) is 0 Å². The Morgan fingerprint density at radius 1 is 1.42 bits per heavy atom. The molecule has 2 heterocycles. The van der Waals surface area contributed by atoms with Gasteiger partial charge in [-0.2, -0.15) is 0 Å². The summed E-state index contributed by atoms with van der Waals surface area (Å²) in [6, 6.07) is 4.23. The van der Waals surface area contributed by atoms with E-state index in [1.165, 1.54) is 23.9 Å². The van der Waals surface area contributed by atoms with Crippen LogP contribution in [0.3, 0.4) is 0 Å². The topological polar surface area (TPSA) is 28.7 Å². The third-order valence-corrected chi connectivity index (χ3v) is 2.47. The van der Waals surface area contributed by atoms with Gasteiger partial charge < -0.3 is 4.98 Å². The van der Waals surface area contributed by atoms with Crippen molar-refractivity contribution in [3.05, 3.63) is 30.1 Å². The number of pyridine rings is 1. The van der Waals surface area contributed by atoms with Crippen molar-refractivity contribution < 1.29 is 0 Å². The second-order valence-corrected chi connectivity index (χ2v) is 3.45. The summed E-state index contributed by atoms with van der Waals surface area (Å²) in [5.74, 6) is 0.796. The Bertz CT molecular complexity index is 412. The number of H-pyrrole nitrogens is 1. The maximum Gasteiger partial charge on any atom is 0.0878 e. The summed E-state index contributed by atoms with van der Waals surface area (Å²) in [7, 11) is 0. The first kappa shape index (κ1) is 6.23. The lowest BCUT2D eigenvalue weighted by atomic mass is 10.2. The van der Waals surface area contributed by atoms with Crippen LogP contribution in [0.4, 0.5) is 0 Å². The fraction of sp³-hybridized carbons (Fsp3) is 0.300. The van der Waals surface area contributed by atoms with Crippen molar-refractivity contribution in [2.75, 3.05) is 0 Å². The van der Waals surface area contributed by atoms with Gasteiger partial charge >= 0.3 is 0 Å². The summed E-state index contributed by atoms with van der Waals surface area (Å²) in [5.41, 5.74) is 3.63. The van der Waals surface area contributed by atoms with Crippen molar-refractivity contribution >= 4 is 11.0 Å². The third-order valence-electron chi connectivity index (χ3n) is 2.47. The molecule has 12 heavy (non-hydrogen) atoms. The summed E-state index contributed by atoms with van der Waals surface area (Å²) in [5, 5.41) is 0. The number of rotatable bonds is 1. The van der Waals surface area contributed by atoms with Gasteiger partial charge in [-0.25, -0.2) is 0 Å². The van der Waals surface area contributed by atoms with Crippen molar-refractivity contribution in [2.45, 2.75) is 18.8 Å². The van der Waals surface area contributed by atoms with E-state index in [1.807, 2.05) is 18.5 Å². The SMILES string of the molecule is c1cc2ncc(C3CC3)cc2[nH]1. The number of fused-ring (bicyclic) bond motifs is 1. The number of hydrogen-bond donors (Lipinski definition) is 1. The summed E-state index contributed by atoms with van der Waals surface area (Å²) in [6.45, 7) is 0. The maximum atomic E-state index is 4.37. The minimum absolute atomic E-state index is 0.796. The number of hydrogen-bond acceptors (Lipinski definition) is 1. The highest BCUT2D eigenvalue weighted by Gasteiger charge is 2.23. The minimum atomic E-state index is 0.796. The van der Waals surface area contributed by atoms with Crippen LogP contribution < -0.4 is 0 Å². The van der Waals surface area contributed by atoms with Crippen molar-refractivity contribution in [3.63, 3.8) is 0 Å². The lowest BCUT2D eigenvalue weighted by Crippen LogP contribution is -1.81. The maximum absolute atomic E-state index is 4.37. The van der Waals surface area contributed by atoms with Gasteiger partial charge in [0.05, 0.1) is 11.0 Å². The molecule has 1 N–H and O–H groups in total. The Kier molecular flexibility index (Phi) is 1.09. The second kappa shape index (κ2) is 2.09. The number of aromatic amines is 1. The van der Waals surface area contributed by atoms with Crippen molar-refractivity contribution in [1.29, 1.82) is 0 Å². The largest absolute Gasteiger partial charge is 0.360 e. The lowest BCUT2D eigenvalue weighted by Gasteiger charge is -1.95. The molecule has 1 fully saturated rings. The summed E-state index contributed by atoms with van der Waals surface area (Å²) in [6.07, 6.45) is 6.63. The molecule has 0 radical (unpaired) electrons. The van der Waals surface area contributed by atoms with Crippen LogP contribution in [0.1, 0.15) is 24.3 Å². The second-order valence-electron chi connectivity index (χ2n) is 3.45. The van der Waals surface area contributed by atoms with Crippen LogP contribution in [0.2, 0.25) is 0 Å². The first-order chi connectivity index (χ1) is 5.93. The minimum Gasteiger partial charge on any atom is -0.360 e. The molecule has 3 rings (SSSR count). The molecule has 60 valence electrons. The Morgan fingerprint density at radius 3 is 3.17 bits per heavy atom. The van der Waals surface area contributed by atoms with Gasteiger partial charge in [-0.05, 0) is 36.5 Å². The van der Waals surface area contributed by atoms with E-state index in [0.717, 1.165) is 11.4 Å². The molecular formula is C10H10N2. The fourth-order valence-electron chi connectivity index (χ4n) is 1.59. The van der Waals surface area contributed by atoms with E-state index in [4.69, 9.17) is 0 Å². The lowest BCUT2D eigenvalue weighted by molar-refractivity contribution is 1.11. The Balaban J connectivity index is 2.21. The van der Waals surface area contributed by atoms with E-state index in [0.29, 0.717) is 0 Å². The number of nitrogens with one attached hydrogen (secondary N) is 1. The fourth-order valence-corrected chi connectivity index (χ4v) is 1.59. The van der Waals surface area contributed by atoms with Crippen molar-refractivity contribution in [2.24, 2.45) is 0 Å². The van der Waals surface area contributed by atoms with Crippen LogP contribution >= 0.6 is 0 Å². The molecule has 2 aromatic rings. The molecule has 0 amide bonds. The predicted octanol–water partition coefficient (Wildman–Crippen LogP) is 2.44. The molecule has 2 nitrogen and oxygen atoms in total. The van der Waals surface area contributed by atoms with Crippen molar-refractivity contribution in [1.82, 2.24) is 9.97 Å². The average Bonchev–Trinajstić information content (AvgIpc) is 2.84. The van der Waals surface area contributed by atoms with Gasteiger partial charge in [0, 0.05) is 12.4 Å².